The van der Waals surface area contributed by atoms with E-state index in [1.54, 1.807) is 0 Å². The first-order valence-electron chi connectivity index (χ1n) is 7.57. The molecular weight excluding hydrogens is 226 g/mol. The largest absolute Gasteiger partial charge is 0.390 e. The van der Waals surface area contributed by atoms with Gasteiger partial charge in [0, 0.05) is 32.7 Å². The Bertz CT molecular complexity index is 225. The molecule has 2 atom stereocenters. The number of nitrogens with one attached hydrogen (secondary N) is 1. The fraction of sp³-hybridized carbons (Fsp3) is 1.00. The van der Waals surface area contributed by atoms with Crippen LogP contribution in [0.25, 0.3) is 0 Å². The summed E-state index contributed by atoms with van der Waals surface area (Å²) in [5.74, 6) is 0.799. The second-order valence-corrected chi connectivity index (χ2v) is 6.06. The second-order valence-electron chi connectivity index (χ2n) is 6.06. The van der Waals surface area contributed by atoms with Gasteiger partial charge in [-0.05, 0) is 44.8 Å². The van der Waals surface area contributed by atoms with Crippen molar-refractivity contribution in [3.8, 4) is 0 Å². The van der Waals surface area contributed by atoms with E-state index in [1.165, 1.54) is 32.4 Å². The van der Waals surface area contributed by atoms with Gasteiger partial charge in [-0.2, -0.15) is 0 Å². The monoisotopic (exact) mass is 255 g/mol. The number of nitrogens with zero attached hydrogens (tertiary/aromatic N) is 2. The summed E-state index contributed by atoms with van der Waals surface area (Å²) in [4.78, 5) is 4.84. The molecule has 0 amide bonds. The van der Waals surface area contributed by atoms with Gasteiger partial charge in [-0.3, -0.25) is 4.90 Å². The third kappa shape index (κ3) is 4.84. The lowest BCUT2D eigenvalue weighted by Gasteiger charge is -2.33. The van der Waals surface area contributed by atoms with Crippen molar-refractivity contribution in [3.05, 3.63) is 0 Å². The topological polar surface area (TPSA) is 38.7 Å². The third-order valence-electron chi connectivity index (χ3n) is 4.11. The minimum Gasteiger partial charge on any atom is -0.390 e. The SMILES string of the molecule is C[C@H]1CCCN(C[C@H](O)CN2CCCNCC2)C1. The summed E-state index contributed by atoms with van der Waals surface area (Å²) in [5, 5.41) is 13.6. The summed E-state index contributed by atoms with van der Waals surface area (Å²) in [6.07, 6.45) is 3.66. The van der Waals surface area contributed by atoms with E-state index < -0.39 is 0 Å². The molecule has 0 aromatic heterocycles. The standard InChI is InChI=1S/C14H29N3O/c1-13-4-2-7-17(10-13)12-14(18)11-16-8-3-5-15-6-9-16/h13-15,18H,2-12H2,1H3/t13-,14+/m0/s1. The van der Waals surface area contributed by atoms with Gasteiger partial charge >= 0.3 is 0 Å². The molecule has 0 unspecified atom stereocenters. The number of rotatable bonds is 4. The van der Waals surface area contributed by atoms with Crippen LogP contribution in [0.3, 0.4) is 0 Å². The lowest BCUT2D eigenvalue weighted by Crippen LogP contribution is -2.44. The van der Waals surface area contributed by atoms with Gasteiger partial charge in [-0.15, -0.1) is 0 Å². The van der Waals surface area contributed by atoms with E-state index in [1.807, 2.05) is 0 Å². The zero-order valence-electron chi connectivity index (χ0n) is 11.8. The molecular formula is C14H29N3O. The van der Waals surface area contributed by atoms with Gasteiger partial charge in [0.05, 0.1) is 6.10 Å². The molecule has 0 saturated carbocycles. The van der Waals surface area contributed by atoms with E-state index in [-0.39, 0.29) is 6.10 Å². The number of hydrogen-bond acceptors (Lipinski definition) is 4. The van der Waals surface area contributed by atoms with Crippen LogP contribution >= 0.6 is 0 Å². The van der Waals surface area contributed by atoms with E-state index in [9.17, 15) is 5.11 Å². The van der Waals surface area contributed by atoms with E-state index >= 15 is 0 Å². The van der Waals surface area contributed by atoms with Crippen LogP contribution in [0.5, 0.6) is 0 Å². The van der Waals surface area contributed by atoms with Crippen LogP contribution in [0.1, 0.15) is 26.2 Å². The van der Waals surface area contributed by atoms with Crippen LogP contribution in [0, 0.1) is 5.92 Å². The van der Waals surface area contributed by atoms with Gasteiger partial charge in [-0.1, -0.05) is 6.92 Å². The van der Waals surface area contributed by atoms with Crippen LogP contribution in [0.2, 0.25) is 0 Å². The molecule has 2 N–H and O–H groups in total. The van der Waals surface area contributed by atoms with Crippen LogP contribution < -0.4 is 5.32 Å². The highest BCUT2D eigenvalue weighted by Gasteiger charge is 2.20. The molecule has 0 bridgehead atoms. The fourth-order valence-corrected chi connectivity index (χ4v) is 3.19. The van der Waals surface area contributed by atoms with Gasteiger partial charge in [0.2, 0.25) is 0 Å². The number of β-amino-alcohol motifs (C(OH)–C–C–N with tert-alkyl or cyclic N) is 1. The average molecular weight is 255 g/mol. The molecule has 4 nitrogen and oxygen atoms in total. The highest BCUT2D eigenvalue weighted by atomic mass is 16.3. The van der Waals surface area contributed by atoms with E-state index in [4.69, 9.17) is 0 Å². The summed E-state index contributed by atoms with van der Waals surface area (Å²) in [6, 6.07) is 0. The Hall–Kier alpha value is -0.160. The van der Waals surface area contributed by atoms with Gasteiger partial charge in [0.1, 0.15) is 0 Å². The fourth-order valence-electron chi connectivity index (χ4n) is 3.19. The Kier molecular flexibility index (Phi) is 5.89. The summed E-state index contributed by atoms with van der Waals surface area (Å²) in [7, 11) is 0. The zero-order valence-corrected chi connectivity index (χ0v) is 11.8. The maximum absolute atomic E-state index is 10.2. The average Bonchev–Trinajstić information content (AvgIpc) is 2.57. The Labute approximate surface area is 111 Å². The van der Waals surface area contributed by atoms with Crippen LogP contribution in [0.4, 0.5) is 0 Å². The zero-order chi connectivity index (χ0) is 12.8. The van der Waals surface area contributed by atoms with Crippen molar-refractivity contribution in [1.82, 2.24) is 15.1 Å². The van der Waals surface area contributed by atoms with Crippen molar-refractivity contribution in [2.24, 2.45) is 5.92 Å². The Morgan fingerprint density at radius 3 is 2.72 bits per heavy atom. The van der Waals surface area contributed by atoms with Crippen LogP contribution in [-0.2, 0) is 0 Å². The molecule has 2 saturated heterocycles. The first-order chi connectivity index (χ1) is 8.74. The minimum absolute atomic E-state index is 0.187. The Morgan fingerprint density at radius 1 is 1.11 bits per heavy atom. The highest BCUT2D eigenvalue weighted by Crippen LogP contribution is 2.15. The maximum atomic E-state index is 10.2. The molecule has 0 radical (unpaired) electrons. The van der Waals surface area contributed by atoms with Crippen LogP contribution in [0.15, 0.2) is 0 Å². The normalized spacial score (nSPS) is 30.0. The predicted octanol–water partition coefficient (Wildman–Crippen LogP) is 0.375. The van der Waals surface area contributed by atoms with Crippen molar-refractivity contribution >= 4 is 0 Å². The molecule has 2 fully saturated rings. The van der Waals surface area contributed by atoms with Gasteiger partial charge in [0.15, 0.2) is 0 Å². The van der Waals surface area contributed by atoms with Gasteiger partial charge in [-0.25, -0.2) is 0 Å². The number of aliphatic hydroxyl groups excluding tert-OH is 1. The second kappa shape index (κ2) is 7.43. The quantitative estimate of drug-likeness (QED) is 0.761. The highest BCUT2D eigenvalue weighted by molar-refractivity contribution is 4.76. The lowest BCUT2D eigenvalue weighted by molar-refractivity contribution is 0.0603. The number of aliphatic hydroxyl groups is 1. The molecule has 0 aromatic rings. The van der Waals surface area contributed by atoms with Crippen molar-refractivity contribution < 1.29 is 5.11 Å². The van der Waals surface area contributed by atoms with Gasteiger partial charge < -0.3 is 15.3 Å². The van der Waals surface area contributed by atoms with E-state index in [2.05, 4.69) is 22.0 Å². The number of likely N-dealkylation sites (tertiary alicyclic amines) is 1. The van der Waals surface area contributed by atoms with Gasteiger partial charge in [0.25, 0.3) is 0 Å². The van der Waals surface area contributed by atoms with E-state index in [0.29, 0.717) is 0 Å². The first-order valence-corrected chi connectivity index (χ1v) is 7.57. The van der Waals surface area contributed by atoms with Crippen molar-refractivity contribution in [2.45, 2.75) is 32.3 Å². The summed E-state index contributed by atoms with van der Waals surface area (Å²) in [5.41, 5.74) is 0. The van der Waals surface area contributed by atoms with Crippen molar-refractivity contribution in [2.75, 3.05) is 52.4 Å². The summed E-state index contributed by atoms with van der Waals surface area (Å²) >= 11 is 0. The molecule has 0 aromatic carbocycles. The van der Waals surface area contributed by atoms with Crippen LogP contribution in [-0.4, -0.2) is 73.4 Å². The molecule has 2 heterocycles. The molecule has 0 spiro atoms. The summed E-state index contributed by atoms with van der Waals surface area (Å²) in [6.45, 7) is 10.7. The molecule has 106 valence electrons. The summed E-state index contributed by atoms with van der Waals surface area (Å²) < 4.78 is 0. The Morgan fingerprint density at radius 2 is 1.89 bits per heavy atom. The molecule has 4 heteroatoms. The maximum Gasteiger partial charge on any atom is 0.0793 e. The van der Waals surface area contributed by atoms with E-state index in [0.717, 1.165) is 45.2 Å². The number of piperidine rings is 1. The molecule has 18 heavy (non-hydrogen) atoms. The number of hydrogen-bond donors (Lipinski definition) is 2. The van der Waals surface area contributed by atoms with Crippen molar-refractivity contribution in [1.29, 1.82) is 0 Å². The lowest BCUT2D eigenvalue weighted by atomic mass is 10.00. The minimum atomic E-state index is -0.187. The Balaban J connectivity index is 1.68. The molecule has 2 rings (SSSR count). The molecule has 2 aliphatic heterocycles. The first kappa shape index (κ1) is 14.3. The molecule has 0 aliphatic carbocycles. The van der Waals surface area contributed by atoms with Crippen molar-refractivity contribution in [3.63, 3.8) is 0 Å². The predicted molar refractivity (Wildman–Crippen MR) is 74.8 cm³/mol. The smallest absolute Gasteiger partial charge is 0.0793 e. The third-order valence-corrected chi connectivity index (χ3v) is 4.11. The molecule has 2 aliphatic rings.